The van der Waals surface area contributed by atoms with E-state index >= 15 is 0 Å². The van der Waals surface area contributed by atoms with Gasteiger partial charge in [0.2, 0.25) is 0 Å². The van der Waals surface area contributed by atoms with Crippen LogP contribution in [0.5, 0.6) is 5.75 Å². The largest absolute Gasteiger partial charge is 0.491 e. The van der Waals surface area contributed by atoms with Gasteiger partial charge in [-0.25, -0.2) is 0 Å². The molecule has 0 bridgehead atoms. The molecule has 3 rings (SSSR count). The van der Waals surface area contributed by atoms with Gasteiger partial charge >= 0.3 is 0 Å². The van der Waals surface area contributed by atoms with Crippen molar-refractivity contribution in [2.75, 3.05) is 0 Å². The van der Waals surface area contributed by atoms with Gasteiger partial charge < -0.3 is 10.1 Å². The number of benzene rings is 3. The lowest BCUT2D eigenvalue weighted by Gasteiger charge is -2.22. The number of carbonyl (C=O) groups is 1. The molecule has 3 heteroatoms. The maximum Gasteiger partial charge on any atom is 0.252 e. The van der Waals surface area contributed by atoms with Crippen LogP contribution in [0.2, 0.25) is 0 Å². The first kappa shape index (κ1) is 18.7. The molecule has 0 aromatic heterocycles. The molecule has 138 valence electrons. The van der Waals surface area contributed by atoms with Crippen molar-refractivity contribution in [2.45, 2.75) is 32.9 Å². The topological polar surface area (TPSA) is 38.3 Å². The van der Waals surface area contributed by atoms with Crippen molar-refractivity contribution in [3.63, 3.8) is 0 Å². The predicted molar refractivity (Wildman–Crippen MR) is 109 cm³/mol. The van der Waals surface area contributed by atoms with Gasteiger partial charge in [-0.2, -0.15) is 0 Å². The highest BCUT2D eigenvalue weighted by molar-refractivity contribution is 5.94. The van der Waals surface area contributed by atoms with Crippen LogP contribution in [0.4, 0.5) is 0 Å². The second-order valence-electron chi connectivity index (χ2n) is 6.86. The first-order valence-corrected chi connectivity index (χ1v) is 9.22. The van der Waals surface area contributed by atoms with Gasteiger partial charge in [0.25, 0.3) is 5.91 Å². The van der Waals surface area contributed by atoms with Crippen molar-refractivity contribution in [3.8, 4) is 5.75 Å². The van der Waals surface area contributed by atoms with Crippen LogP contribution in [0.15, 0.2) is 78.9 Å². The molecule has 0 radical (unpaired) electrons. The Morgan fingerprint density at radius 2 is 1.48 bits per heavy atom. The predicted octanol–water partition coefficient (Wildman–Crippen LogP) is 5.30. The summed E-state index contributed by atoms with van der Waals surface area (Å²) in [6.45, 7) is 6.02. The van der Waals surface area contributed by atoms with Crippen LogP contribution in [-0.2, 0) is 0 Å². The summed E-state index contributed by atoms with van der Waals surface area (Å²) in [5, 5.41) is 3.19. The highest BCUT2D eigenvalue weighted by atomic mass is 16.5. The van der Waals surface area contributed by atoms with Crippen molar-refractivity contribution >= 4 is 5.91 Å². The highest BCUT2D eigenvalue weighted by Gasteiger charge is 2.19. The van der Waals surface area contributed by atoms with E-state index in [2.05, 4.69) is 24.4 Å². The highest BCUT2D eigenvalue weighted by Crippen LogP contribution is 2.25. The van der Waals surface area contributed by atoms with E-state index in [0.717, 1.165) is 22.4 Å². The van der Waals surface area contributed by atoms with Gasteiger partial charge in [0.05, 0.1) is 12.1 Å². The third-order valence-corrected chi connectivity index (χ3v) is 4.40. The smallest absolute Gasteiger partial charge is 0.252 e. The fourth-order valence-electron chi connectivity index (χ4n) is 3.07. The SMILES string of the molecule is Cc1ccccc1C(NC(=O)c1ccc(OC(C)C)cc1)c1ccccc1. The van der Waals surface area contributed by atoms with Gasteiger partial charge in [-0.05, 0) is 61.7 Å². The van der Waals surface area contributed by atoms with Gasteiger partial charge in [0, 0.05) is 5.56 Å². The fourth-order valence-corrected chi connectivity index (χ4v) is 3.07. The number of ether oxygens (including phenoxy) is 1. The monoisotopic (exact) mass is 359 g/mol. The van der Waals surface area contributed by atoms with Crippen molar-refractivity contribution < 1.29 is 9.53 Å². The zero-order chi connectivity index (χ0) is 19.2. The molecular weight excluding hydrogens is 334 g/mol. The summed E-state index contributed by atoms with van der Waals surface area (Å²) in [7, 11) is 0. The van der Waals surface area contributed by atoms with E-state index in [4.69, 9.17) is 4.74 Å². The molecule has 3 aromatic rings. The summed E-state index contributed by atoms with van der Waals surface area (Å²) >= 11 is 0. The Kier molecular flexibility index (Phi) is 5.92. The van der Waals surface area contributed by atoms with Gasteiger partial charge in [-0.3, -0.25) is 4.79 Å². The maximum absolute atomic E-state index is 12.9. The van der Waals surface area contributed by atoms with Crippen LogP contribution in [0.25, 0.3) is 0 Å². The maximum atomic E-state index is 12.9. The molecule has 1 unspecified atom stereocenters. The molecule has 3 aromatic carbocycles. The number of aryl methyl sites for hydroxylation is 1. The summed E-state index contributed by atoms with van der Waals surface area (Å²) in [5.41, 5.74) is 3.91. The molecule has 0 heterocycles. The summed E-state index contributed by atoms with van der Waals surface area (Å²) in [5.74, 6) is 0.656. The van der Waals surface area contributed by atoms with E-state index in [1.54, 1.807) is 12.1 Å². The van der Waals surface area contributed by atoms with Gasteiger partial charge in [-0.1, -0.05) is 54.6 Å². The zero-order valence-electron chi connectivity index (χ0n) is 16.0. The van der Waals surface area contributed by atoms with E-state index in [0.29, 0.717) is 5.56 Å². The van der Waals surface area contributed by atoms with E-state index in [1.165, 1.54) is 0 Å². The Hall–Kier alpha value is -3.07. The number of nitrogens with one attached hydrogen (secondary N) is 1. The minimum Gasteiger partial charge on any atom is -0.491 e. The minimum atomic E-state index is -0.202. The van der Waals surface area contributed by atoms with Crippen molar-refractivity contribution in [1.82, 2.24) is 5.32 Å². The minimum absolute atomic E-state index is 0.105. The van der Waals surface area contributed by atoms with Crippen LogP contribution < -0.4 is 10.1 Å². The van der Waals surface area contributed by atoms with Crippen LogP contribution in [0.1, 0.15) is 46.9 Å². The molecule has 0 fully saturated rings. The summed E-state index contributed by atoms with van der Waals surface area (Å²) in [6, 6.07) is 25.2. The fraction of sp³-hybridized carbons (Fsp3) is 0.208. The average Bonchev–Trinajstić information content (AvgIpc) is 2.67. The number of hydrogen-bond acceptors (Lipinski definition) is 2. The van der Waals surface area contributed by atoms with Crippen LogP contribution >= 0.6 is 0 Å². The Labute approximate surface area is 161 Å². The number of amides is 1. The van der Waals surface area contributed by atoms with Crippen molar-refractivity contribution in [1.29, 1.82) is 0 Å². The van der Waals surface area contributed by atoms with Gasteiger partial charge in [0.15, 0.2) is 0 Å². The third kappa shape index (κ3) is 4.76. The lowest BCUT2D eigenvalue weighted by atomic mass is 9.94. The standard InChI is InChI=1S/C24H25NO2/c1-17(2)27-21-15-13-20(14-16-21)24(26)25-23(19-10-5-4-6-11-19)22-12-8-7-9-18(22)3/h4-17,23H,1-3H3,(H,25,26). The van der Waals surface area contributed by atoms with Crippen molar-refractivity contribution in [3.05, 3.63) is 101 Å². The molecule has 0 aliphatic carbocycles. The Balaban J connectivity index is 1.86. The van der Waals surface area contributed by atoms with Crippen LogP contribution in [-0.4, -0.2) is 12.0 Å². The van der Waals surface area contributed by atoms with E-state index in [1.807, 2.05) is 68.4 Å². The molecule has 0 aliphatic heterocycles. The van der Waals surface area contributed by atoms with Gasteiger partial charge in [0.1, 0.15) is 5.75 Å². The zero-order valence-corrected chi connectivity index (χ0v) is 16.0. The first-order chi connectivity index (χ1) is 13.0. The molecule has 3 nitrogen and oxygen atoms in total. The molecule has 0 aliphatic rings. The van der Waals surface area contributed by atoms with Crippen LogP contribution in [0.3, 0.4) is 0 Å². The summed E-state index contributed by atoms with van der Waals surface area (Å²) in [4.78, 5) is 12.9. The van der Waals surface area contributed by atoms with Crippen molar-refractivity contribution in [2.24, 2.45) is 0 Å². The average molecular weight is 359 g/mol. The second-order valence-corrected chi connectivity index (χ2v) is 6.86. The third-order valence-electron chi connectivity index (χ3n) is 4.40. The molecule has 27 heavy (non-hydrogen) atoms. The number of carbonyl (C=O) groups excluding carboxylic acids is 1. The second kappa shape index (κ2) is 8.54. The number of hydrogen-bond donors (Lipinski definition) is 1. The number of rotatable bonds is 6. The lowest BCUT2D eigenvalue weighted by molar-refractivity contribution is 0.0943. The molecule has 0 saturated carbocycles. The lowest BCUT2D eigenvalue weighted by Crippen LogP contribution is -2.29. The molecule has 0 spiro atoms. The van der Waals surface area contributed by atoms with Crippen LogP contribution in [0, 0.1) is 6.92 Å². The molecule has 1 atom stereocenters. The summed E-state index contributed by atoms with van der Waals surface area (Å²) < 4.78 is 5.65. The normalized spacial score (nSPS) is 11.9. The molecule has 1 amide bonds. The Bertz CT molecular complexity index is 886. The first-order valence-electron chi connectivity index (χ1n) is 9.22. The molecule has 1 N–H and O–H groups in total. The van der Waals surface area contributed by atoms with Gasteiger partial charge in [-0.15, -0.1) is 0 Å². The molecular formula is C24H25NO2. The Morgan fingerprint density at radius 3 is 2.11 bits per heavy atom. The van der Waals surface area contributed by atoms with E-state index in [9.17, 15) is 4.79 Å². The van der Waals surface area contributed by atoms with E-state index < -0.39 is 0 Å². The van der Waals surface area contributed by atoms with E-state index in [-0.39, 0.29) is 18.1 Å². The summed E-state index contributed by atoms with van der Waals surface area (Å²) in [6.07, 6.45) is 0.105. The quantitative estimate of drug-likeness (QED) is 0.648. The Morgan fingerprint density at radius 1 is 0.852 bits per heavy atom. The molecule has 0 saturated heterocycles.